The Morgan fingerprint density at radius 3 is 2.74 bits per heavy atom. The normalized spacial score (nSPS) is 23.9. The van der Waals surface area contributed by atoms with Gasteiger partial charge in [0.15, 0.2) is 0 Å². The van der Waals surface area contributed by atoms with E-state index in [4.69, 9.17) is 0 Å². The summed E-state index contributed by atoms with van der Waals surface area (Å²) in [4.78, 5) is 45.1. The fraction of sp³-hybridized carbons (Fsp3) is 0.750. The lowest BCUT2D eigenvalue weighted by atomic mass is 10.0. The topological polar surface area (TPSA) is 97.4 Å². The van der Waals surface area contributed by atoms with Gasteiger partial charge >= 0.3 is 18.1 Å². The van der Waals surface area contributed by atoms with Gasteiger partial charge in [-0.1, -0.05) is 0 Å². The van der Waals surface area contributed by atoms with Crippen LogP contribution in [0.15, 0.2) is 0 Å². The summed E-state index contributed by atoms with van der Waals surface area (Å²) in [5, 5.41) is 0.474. The highest BCUT2D eigenvalue weighted by Crippen LogP contribution is 2.34. The molecule has 0 aliphatic carbocycles. The molecular formula is C12H17F2N3O6. The molecule has 0 radical (unpaired) electrons. The SMILES string of the molecule is CCOC(=O)C(F)(F)ON1C(=O)C2C[C@@H]1CCN2C(=O)NOC. The van der Waals surface area contributed by atoms with E-state index in [9.17, 15) is 23.2 Å². The van der Waals surface area contributed by atoms with Crippen LogP contribution in [-0.4, -0.2) is 66.3 Å². The molecule has 9 nitrogen and oxygen atoms in total. The Kier molecular flexibility index (Phi) is 5.00. The first-order valence-corrected chi connectivity index (χ1v) is 6.98. The number of ether oxygens (including phenoxy) is 1. The zero-order valence-corrected chi connectivity index (χ0v) is 12.6. The first kappa shape index (κ1) is 17.3. The highest BCUT2D eigenvalue weighted by atomic mass is 19.3. The number of alkyl halides is 2. The minimum absolute atomic E-state index is 0.134. The molecule has 0 aromatic carbocycles. The lowest BCUT2D eigenvalue weighted by molar-refractivity contribution is -0.336. The molecule has 0 spiro atoms. The molecule has 2 saturated heterocycles. The Labute approximate surface area is 130 Å². The summed E-state index contributed by atoms with van der Waals surface area (Å²) in [6, 6.07) is -2.23. The van der Waals surface area contributed by atoms with Crippen LogP contribution >= 0.6 is 0 Å². The molecule has 23 heavy (non-hydrogen) atoms. The average Bonchev–Trinajstić information content (AvgIpc) is 2.72. The Morgan fingerprint density at radius 1 is 1.43 bits per heavy atom. The molecule has 1 unspecified atom stereocenters. The lowest BCUT2D eigenvalue weighted by Gasteiger charge is -2.30. The van der Waals surface area contributed by atoms with E-state index in [2.05, 4.69) is 19.9 Å². The summed E-state index contributed by atoms with van der Waals surface area (Å²) in [6.45, 7) is 1.29. The number of hydroxylamine groups is 3. The van der Waals surface area contributed by atoms with Gasteiger partial charge in [-0.25, -0.2) is 20.1 Å². The monoisotopic (exact) mass is 337 g/mol. The van der Waals surface area contributed by atoms with Crippen LogP contribution in [0.4, 0.5) is 13.6 Å². The summed E-state index contributed by atoms with van der Waals surface area (Å²) < 4.78 is 31.5. The lowest BCUT2D eigenvalue weighted by Crippen LogP contribution is -2.50. The fourth-order valence-electron chi connectivity index (χ4n) is 2.61. The van der Waals surface area contributed by atoms with Crippen molar-refractivity contribution in [2.45, 2.75) is 38.0 Å². The van der Waals surface area contributed by atoms with E-state index in [-0.39, 0.29) is 26.0 Å². The second kappa shape index (κ2) is 6.62. The van der Waals surface area contributed by atoms with E-state index in [1.165, 1.54) is 18.9 Å². The largest absolute Gasteiger partial charge is 0.477 e. The van der Waals surface area contributed by atoms with Crippen molar-refractivity contribution >= 4 is 17.9 Å². The number of urea groups is 1. The predicted octanol–water partition coefficient (Wildman–Crippen LogP) is 0.0201. The molecule has 2 rings (SSSR count). The molecule has 130 valence electrons. The van der Waals surface area contributed by atoms with Crippen LogP contribution in [-0.2, 0) is 24.0 Å². The Balaban J connectivity index is 2.08. The quantitative estimate of drug-likeness (QED) is 0.561. The van der Waals surface area contributed by atoms with Gasteiger partial charge in [-0.15, -0.1) is 0 Å². The summed E-state index contributed by atoms with van der Waals surface area (Å²) in [6.07, 6.45) is -3.91. The van der Waals surface area contributed by atoms with Crippen LogP contribution in [0.5, 0.6) is 0 Å². The molecule has 2 bridgehead atoms. The number of amides is 3. The van der Waals surface area contributed by atoms with Crippen LogP contribution < -0.4 is 5.48 Å². The maximum Gasteiger partial charge on any atom is 0.477 e. The fourth-order valence-corrected chi connectivity index (χ4v) is 2.61. The Bertz CT molecular complexity index is 503. The number of carbonyl (C=O) groups is 3. The van der Waals surface area contributed by atoms with Gasteiger partial charge < -0.3 is 9.64 Å². The van der Waals surface area contributed by atoms with E-state index >= 15 is 0 Å². The van der Waals surface area contributed by atoms with E-state index in [1.54, 1.807) is 0 Å². The first-order chi connectivity index (χ1) is 10.8. The number of carbonyl (C=O) groups excluding carboxylic acids is 3. The van der Waals surface area contributed by atoms with Gasteiger partial charge in [0.2, 0.25) is 0 Å². The molecule has 2 heterocycles. The highest BCUT2D eigenvalue weighted by molar-refractivity contribution is 5.89. The van der Waals surface area contributed by atoms with E-state index in [0.717, 1.165) is 0 Å². The van der Waals surface area contributed by atoms with Crippen LogP contribution in [0.1, 0.15) is 19.8 Å². The number of fused-ring (bicyclic) bond motifs is 2. The zero-order chi connectivity index (χ0) is 17.2. The number of halogens is 2. The standard InChI is InChI=1S/C12H17F2N3O6/c1-3-22-10(19)12(13,14)23-17-7-4-5-16(11(20)15-21-2)8(6-7)9(17)18/h7-8H,3-6H2,1-2H3,(H,15,20)/t7-,8?/m0/s1. The van der Waals surface area contributed by atoms with Crippen molar-refractivity contribution in [3.8, 4) is 0 Å². The summed E-state index contributed by atoms with van der Waals surface area (Å²) in [7, 11) is 1.23. The molecule has 0 saturated carbocycles. The van der Waals surface area contributed by atoms with Crippen molar-refractivity contribution in [3.05, 3.63) is 0 Å². The number of nitrogens with zero attached hydrogens (tertiary/aromatic N) is 2. The molecule has 2 aliphatic heterocycles. The van der Waals surface area contributed by atoms with Crippen molar-refractivity contribution in [3.63, 3.8) is 0 Å². The average molecular weight is 337 g/mol. The van der Waals surface area contributed by atoms with Crippen molar-refractivity contribution in [1.29, 1.82) is 0 Å². The van der Waals surface area contributed by atoms with Crippen molar-refractivity contribution in [1.82, 2.24) is 15.4 Å². The third kappa shape index (κ3) is 3.34. The minimum atomic E-state index is -4.28. The molecule has 0 aromatic heterocycles. The van der Waals surface area contributed by atoms with Gasteiger partial charge in [0, 0.05) is 13.0 Å². The minimum Gasteiger partial charge on any atom is -0.460 e. The molecule has 2 fully saturated rings. The van der Waals surface area contributed by atoms with Crippen LogP contribution in [0, 0.1) is 0 Å². The molecule has 1 N–H and O–H groups in total. The number of rotatable bonds is 5. The van der Waals surface area contributed by atoms with Gasteiger partial charge in [-0.2, -0.15) is 13.6 Å². The molecule has 3 amide bonds. The molecule has 11 heteroatoms. The van der Waals surface area contributed by atoms with E-state index in [1.807, 2.05) is 0 Å². The number of hydrogen-bond donors (Lipinski definition) is 1. The number of esters is 1. The molecule has 0 aromatic rings. The van der Waals surface area contributed by atoms with Crippen molar-refractivity contribution in [2.75, 3.05) is 20.3 Å². The second-order valence-corrected chi connectivity index (χ2v) is 4.99. The van der Waals surface area contributed by atoms with Gasteiger partial charge in [0.1, 0.15) is 6.04 Å². The first-order valence-electron chi connectivity index (χ1n) is 6.98. The van der Waals surface area contributed by atoms with Crippen molar-refractivity contribution < 1.29 is 37.6 Å². The smallest absolute Gasteiger partial charge is 0.460 e. The van der Waals surface area contributed by atoms with Gasteiger partial charge in [-0.05, 0) is 13.3 Å². The van der Waals surface area contributed by atoms with Crippen LogP contribution in [0.3, 0.4) is 0 Å². The second-order valence-electron chi connectivity index (χ2n) is 4.99. The van der Waals surface area contributed by atoms with Crippen LogP contribution in [0.2, 0.25) is 0 Å². The van der Waals surface area contributed by atoms with Gasteiger partial charge in [0.05, 0.1) is 19.8 Å². The highest BCUT2D eigenvalue weighted by Gasteiger charge is 2.54. The maximum atomic E-state index is 13.7. The third-order valence-electron chi connectivity index (χ3n) is 3.59. The number of likely N-dealkylation sites (tertiary alicyclic amines) is 1. The van der Waals surface area contributed by atoms with E-state index in [0.29, 0.717) is 5.06 Å². The Hall–Kier alpha value is -2.01. The number of nitrogens with one attached hydrogen (secondary N) is 1. The predicted molar refractivity (Wildman–Crippen MR) is 68.6 cm³/mol. The van der Waals surface area contributed by atoms with Gasteiger partial charge in [-0.3, -0.25) is 9.63 Å². The van der Waals surface area contributed by atoms with Gasteiger partial charge in [0.25, 0.3) is 5.91 Å². The molecule has 2 atom stereocenters. The van der Waals surface area contributed by atoms with E-state index < -0.39 is 36.1 Å². The Morgan fingerprint density at radius 2 is 2.13 bits per heavy atom. The van der Waals surface area contributed by atoms with Crippen molar-refractivity contribution in [2.24, 2.45) is 0 Å². The number of hydrogen-bond acceptors (Lipinski definition) is 6. The summed E-state index contributed by atoms with van der Waals surface area (Å²) >= 11 is 0. The summed E-state index contributed by atoms with van der Waals surface area (Å²) in [5.41, 5.74) is 2.07. The maximum absolute atomic E-state index is 13.7. The summed E-state index contributed by atoms with van der Waals surface area (Å²) in [5.74, 6) is -2.69. The molecule has 2 aliphatic rings. The molecular weight excluding hydrogens is 320 g/mol. The zero-order valence-electron chi connectivity index (χ0n) is 12.6. The third-order valence-corrected chi connectivity index (χ3v) is 3.59. The number of piperidine rings is 1. The van der Waals surface area contributed by atoms with Crippen LogP contribution in [0.25, 0.3) is 0 Å².